The van der Waals surface area contributed by atoms with Crippen LogP contribution in [-0.2, 0) is 10.3 Å². The molecule has 1 unspecified atom stereocenters. The van der Waals surface area contributed by atoms with Crippen LogP contribution in [0, 0.1) is 0 Å². The van der Waals surface area contributed by atoms with Crippen LogP contribution in [0.15, 0.2) is 54.7 Å². The topological polar surface area (TPSA) is 64.2 Å². The Hall–Kier alpha value is -3.08. The Morgan fingerprint density at radius 3 is 2.64 bits per heavy atom. The molecule has 3 aromatic rings. The van der Waals surface area contributed by atoms with Gasteiger partial charge in [0, 0.05) is 11.1 Å². The third-order valence-corrected chi connectivity index (χ3v) is 4.23. The molecule has 22 heavy (non-hydrogen) atoms. The van der Waals surface area contributed by atoms with E-state index in [1.165, 1.54) is 0 Å². The van der Waals surface area contributed by atoms with Crippen molar-refractivity contribution in [1.82, 2.24) is 10.2 Å². The van der Waals surface area contributed by atoms with E-state index in [2.05, 4.69) is 10.2 Å². The maximum atomic E-state index is 12.4. The van der Waals surface area contributed by atoms with E-state index in [0.29, 0.717) is 22.8 Å². The van der Waals surface area contributed by atoms with Gasteiger partial charge in [0.1, 0.15) is 5.75 Å². The molecule has 1 N–H and O–H groups in total. The monoisotopic (exact) mass is 290 g/mol. The van der Waals surface area contributed by atoms with Crippen LogP contribution in [-0.4, -0.2) is 16.2 Å². The minimum absolute atomic E-state index is 0.334. The van der Waals surface area contributed by atoms with Crippen LogP contribution in [0.1, 0.15) is 27.0 Å². The minimum atomic E-state index is -0.995. The number of aromatic nitrogens is 2. The molecule has 106 valence electrons. The fraction of sp³-hybridized carbons (Fsp3) is 0.0588. The SMILES string of the molecule is O=C1OC2(c3ccccc3Oc3[nH]ncc32)c2ccccc21. The number of hydrogen-bond donors (Lipinski definition) is 1. The van der Waals surface area contributed by atoms with Crippen molar-refractivity contribution in [1.29, 1.82) is 0 Å². The van der Waals surface area contributed by atoms with E-state index in [4.69, 9.17) is 9.47 Å². The fourth-order valence-corrected chi connectivity index (χ4v) is 3.32. The molecule has 1 spiro atoms. The van der Waals surface area contributed by atoms with Crippen molar-refractivity contribution < 1.29 is 14.3 Å². The summed E-state index contributed by atoms with van der Waals surface area (Å²) in [7, 11) is 0. The van der Waals surface area contributed by atoms with E-state index in [0.717, 1.165) is 11.1 Å². The Morgan fingerprint density at radius 1 is 0.955 bits per heavy atom. The molecular formula is C17H10N2O3. The van der Waals surface area contributed by atoms with Crippen molar-refractivity contribution in [3.8, 4) is 11.6 Å². The normalized spacial score (nSPS) is 20.8. The summed E-state index contributed by atoms with van der Waals surface area (Å²) in [6, 6.07) is 15.0. The molecule has 0 radical (unpaired) electrons. The number of aromatic amines is 1. The fourth-order valence-electron chi connectivity index (χ4n) is 3.32. The van der Waals surface area contributed by atoms with Crippen LogP contribution < -0.4 is 4.74 Å². The van der Waals surface area contributed by atoms with Crippen LogP contribution in [0.25, 0.3) is 0 Å². The average Bonchev–Trinajstić information content (AvgIpc) is 3.13. The Labute approximate surface area is 125 Å². The Bertz CT molecular complexity index is 931. The number of H-pyrrole nitrogens is 1. The van der Waals surface area contributed by atoms with Gasteiger partial charge in [0.25, 0.3) is 0 Å². The molecular weight excluding hydrogens is 280 g/mol. The lowest BCUT2D eigenvalue weighted by Crippen LogP contribution is -2.32. The molecule has 5 nitrogen and oxygen atoms in total. The minimum Gasteiger partial charge on any atom is -0.440 e. The van der Waals surface area contributed by atoms with Gasteiger partial charge in [-0.1, -0.05) is 36.4 Å². The molecule has 2 aromatic carbocycles. The van der Waals surface area contributed by atoms with Crippen molar-refractivity contribution in [2.45, 2.75) is 5.60 Å². The maximum absolute atomic E-state index is 12.4. The molecule has 1 aromatic heterocycles. The highest BCUT2D eigenvalue weighted by atomic mass is 16.6. The Morgan fingerprint density at radius 2 is 1.73 bits per heavy atom. The van der Waals surface area contributed by atoms with Gasteiger partial charge in [-0.15, -0.1) is 0 Å². The summed E-state index contributed by atoms with van der Waals surface area (Å²) in [6.45, 7) is 0. The molecule has 5 rings (SSSR count). The van der Waals surface area contributed by atoms with Crippen molar-refractivity contribution >= 4 is 5.97 Å². The second kappa shape index (κ2) is 3.76. The van der Waals surface area contributed by atoms with E-state index < -0.39 is 5.60 Å². The van der Waals surface area contributed by atoms with Crippen molar-refractivity contribution in [3.63, 3.8) is 0 Å². The van der Waals surface area contributed by atoms with E-state index in [1.807, 2.05) is 42.5 Å². The zero-order valence-corrected chi connectivity index (χ0v) is 11.4. The highest BCUT2D eigenvalue weighted by molar-refractivity contribution is 5.96. The number of nitrogens with zero attached hydrogens (tertiary/aromatic N) is 1. The van der Waals surface area contributed by atoms with Gasteiger partial charge >= 0.3 is 5.97 Å². The van der Waals surface area contributed by atoms with Crippen LogP contribution >= 0.6 is 0 Å². The molecule has 2 aliphatic rings. The third kappa shape index (κ3) is 1.19. The van der Waals surface area contributed by atoms with E-state index in [-0.39, 0.29) is 5.97 Å². The van der Waals surface area contributed by atoms with Crippen molar-refractivity contribution in [3.05, 3.63) is 77.0 Å². The molecule has 0 aliphatic carbocycles. The Balaban J connectivity index is 1.93. The second-order valence-electron chi connectivity index (χ2n) is 5.33. The Kier molecular flexibility index (Phi) is 1.98. The summed E-state index contributed by atoms with van der Waals surface area (Å²) in [5.74, 6) is 0.825. The number of benzene rings is 2. The largest absolute Gasteiger partial charge is 0.440 e. The summed E-state index contributed by atoms with van der Waals surface area (Å²) >= 11 is 0. The van der Waals surface area contributed by atoms with Gasteiger partial charge in [0.05, 0.1) is 17.3 Å². The van der Waals surface area contributed by atoms with E-state index >= 15 is 0 Å². The number of esters is 1. The third-order valence-electron chi connectivity index (χ3n) is 4.23. The quantitative estimate of drug-likeness (QED) is 0.646. The van der Waals surface area contributed by atoms with Gasteiger partial charge in [-0.05, 0) is 12.1 Å². The van der Waals surface area contributed by atoms with Crippen molar-refractivity contribution in [2.24, 2.45) is 0 Å². The first-order valence-electron chi connectivity index (χ1n) is 6.95. The van der Waals surface area contributed by atoms with E-state index in [1.54, 1.807) is 12.3 Å². The van der Waals surface area contributed by atoms with Gasteiger partial charge in [-0.25, -0.2) is 9.89 Å². The smallest absolute Gasteiger partial charge is 0.340 e. The molecule has 1 atom stereocenters. The number of rotatable bonds is 0. The maximum Gasteiger partial charge on any atom is 0.340 e. The number of hydrogen-bond acceptors (Lipinski definition) is 4. The number of carbonyl (C=O) groups is 1. The number of carbonyl (C=O) groups excluding carboxylic acids is 1. The van der Waals surface area contributed by atoms with Gasteiger partial charge in [0.15, 0.2) is 5.60 Å². The van der Waals surface area contributed by atoms with Gasteiger partial charge < -0.3 is 9.47 Å². The standard InChI is InChI=1S/C17H10N2O3/c20-16-10-5-1-2-6-11(10)17(22-16)12-7-3-4-8-14(12)21-15-13(17)9-18-19-15/h1-9H,(H,18,19). The first kappa shape index (κ1) is 11.6. The first-order chi connectivity index (χ1) is 10.8. The lowest BCUT2D eigenvalue weighted by Gasteiger charge is -2.33. The summed E-state index contributed by atoms with van der Waals surface area (Å²) in [4.78, 5) is 12.4. The molecule has 0 saturated heterocycles. The van der Waals surface area contributed by atoms with Crippen LogP contribution in [0.4, 0.5) is 0 Å². The number of ether oxygens (including phenoxy) is 2. The average molecular weight is 290 g/mol. The predicted molar refractivity (Wildman–Crippen MR) is 76.8 cm³/mol. The summed E-state index contributed by atoms with van der Waals surface area (Å²) in [5.41, 5.74) is 1.92. The molecule has 3 heterocycles. The second-order valence-corrected chi connectivity index (χ2v) is 5.33. The summed E-state index contributed by atoms with van der Waals surface area (Å²) < 4.78 is 11.7. The molecule has 0 fully saturated rings. The van der Waals surface area contributed by atoms with Gasteiger partial charge in [-0.3, -0.25) is 0 Å². The lowest BCUT2D eigenvalue weighted by molar-refractivity contribution is 0.0224. The summed E-state index contributed by atoms with van der Waals surface area (Å²) in [5, 5.41) is 6.89. The number of fused-ring (bicyclic) bond motifs is 6. The molecule has 5 heteroatoms. The lowest BCUT2D eigenvalue weighted by atomic mass is 9.79. The van der Waals surface area contributed by atoms with Gasteiger partial charge in [-0.2, -0.15) is 5.10 Å². The van der Waals surface area contributed by atoms with Crippen LogP contribution in [0.5, 0.6) is 11.6 Å². The predicted octanol–water partition coefficient (Wildman–Crippen LogP) is 2.98. The summed E-state index contributed by atoms with van der Waals surface area (Å²) in [6.07, 6.45) is 1.65. The molecule has 2 aliphatic heterocycles. The first-order valence-corrected chi connectivity index (χ1v) is 6.95. The number of para-hydroxylation sites is 1. The van der Waals surface area contributed by atoms with Crippen LogP contribution in [0.3, 0.4) is 0 Å². The zero-order valence-electron chi connectivity index (χ0n) is 11.4. The van der Waals surface area contributed by atoms with E-state index in [9.17, 15) is 4.79 Å². The van der Waals surface area contributed by atoms with Crippen LogP contribution in [0.2, 0.25) is 0 Å². The van der Waals surface area contributed by atoms with Gasteiger partial charge in [0.2, 0.25) is 5.88 Å². The zero-order chi connectivity index (χ0) is 14.7. The van der Waals surface area contributed by atoms with Crippen molar-refractivity contribution in [2.75, 3.05) is 0 Å². The number of nitrogens with one attached hydrogen (secondary N) is 1. The molecule has 0 amide bonds. The molecule has 0 bridgehead atoms. The molecule has 0 saturated carbocycles. The highest BCUT2D eigenvalue weighted by Crippen LogP contribution is 2.55. The highest BCUT2D eigenvalue weighted by Gasteiger charge is 2.54.